The average molecular weight is 525 g/mol. The van der Waals surface area contributed by atoms with Crippen LogP contribution in [0.2, 0.25) is 0 Å². The summed E-state index contributed by atoms with van der Waals surface area (Å²) >= 11 is 0. The number of carbonyl (C=O) groups excluding carboxylic acids is 1. The number of carboxylic acids is 1. The molecule has 2 N–H and O–H groups in total. The molecule has 0 aliphatic carbocycles. The molecule has 0 aliphatic heterocycles. The summed E-state index contributed by atoms with van der Waals surface area (Å²) in [5.74, 6) is -2.49. The number of benzene rings is 1. The van der Waals surface area contributed by atoms with E-state index in [-0.39, 0.29) is 11.9 Å². The molecular weight excluding hydrogens is 501 g/mol. The number of carbonyl (C=O) groups is 2. The maximum atomic E-state index is 13.3. The first-order valence-electron chi connectivity index (χ1n) is 11.5. The molecule has 0 unspecified atom stereocenters. The van der Waals surface area contributed by atoms with E-state index in [0.29, 0.717) is 18.2 Å². The maximum Gasteiger partial charge on any atom is 0.490 e. The maximum absolute atomic E-state index is 13.3. The zero-order valence-corrected chi connectivity index (χ0v) is 20.3. The van der Waals surface area contributed by atoms with E-state index in [9.17, 15) is 18.0 Å². The molecule has 0 atom stereocenters. The lowest BCUT2D eigenvalue weighted by Crippen LogP contribution is -2.26. The Morgan fingerprint density at radius 2 is 1.58 bits per heavy atom. The van der Waals surface area contributed by atoms with Crippen LogP contribution in [0, 0.1) is 0 Å². The fraction of sp³-hybridized carbons (Fsp3) is 0.192. The number of fused-ring (bicyclic) bond motifs is 3. The molecule has 5 aromatic rings. The lowest BCUT2D eigenvalue weighted by atomic mass is 10.2. The highest BCUT2D eigenvalue weighted by molar-refractivity contribution is 6.11. The highest BCUT2D eigenvalue weighted by atomic mass is 19.4. The molecular formula is C26H23F3N6O3. The Balaban J connectivity index is 0.000000426. The van der Waals surface area contributed by atoms with Crippen LogP contribution < -0.4 is 5.32 Å². The predicted octanol–water partition coefficient (Wildman–Crippen LogP) is 4.91. The van der Waals surface area contributed by atoms with Gasteiger partial charge in [-0.15, -0.1) is 0 Å². The van der Waals surface area contributed by atoms with Crippen LogP contribution in [0.25, 0.3) is 27.9 Å². The summed E-state index contributed by atoms with van der Waals surface area (Å²) in [5, 5.41) is 11.2. The number of nitrogens with zero attached hydrogens (tertiary/aromatic N) is 5. The van der Waals surface area contributed by atoms with E-state index in [0.717, 1.165) is 27.6 Å². The first kappa shape index (κ1) is 26.3. The molecule has 5 rings (SSSR count). The fourth-order valence-corrected chi connectivity index (χ4v) is 4.06. The number of amides is 1. The summed E-state index contributed by atoms with van der Waals surface area (Å²) in [6.07, 6.45) is 0.00469. The molecule has 0 saturated heterocycles. The fourth-order valence-electron chi connectivity index (χ4n) is 4.06. The van der Waals surface area contributed by atoms with Crippen molar-refractivity contribution in [2.24, 2.45) is 0 Å². The second-order valence-electron chi connectivity index (χ2n) is 8.44. The smallest absolute Gasteiger partial charge is 0.475 e. The Bertz CT molecular complexity index is 1580. The van der Waals surface area contributed by atoms with Gasteiger partial charge in [0.2, 0.25) is 5.95 Å². The van der Waals surface area contributed by atoms with E-state index in [1.54, 1.807) is 24.7 Å². The summed E-state index contributed by atoms with van der Waals surface area (Å²) in [7, 11) is 0. The van der Waals surface area contributed by atoms with E-state index < -0.39 is 12.1 Å². The number of para-hydroxylation sites is 1. The second kappa shape index (κ2) is 10.7. The van der Waals surface area contributed by atoms with Crippen molar-refractivity contribution < 1.29 is 27.9 Å². The molecule has 4 aromatic heterocycles. The topological polar surface area (TPSA) is 115 Å². The van der Waals surface area contributed by atoms with Gasteiger partial charge < -0.3 is 15.0 Å². The van der Waals surface area contributed by atoms with Gasteiger partial charge in [0.1, 0.15) is 5.69 Å². The molecule has 4 heterocycles. The van der Waals surface area contributed by atoms with E-state index in [1.165, 1.54) is 0 Å². The number of aromatic nitrogens is 5. The van der Waals surface area contributed by atoms with E-state index >= 15 is 0 Å². The molecule has 0 bridgehead atoms. The molecule has 1 aromatic carbocycles. The van der Waals surface area contributed by atoms with Gasteiger partial charge in [-0.2, -0.15) is 13.2 Å². The van der Waals surface area contributed by atoms with E-state index in [2.05, 4.69) is 50.8 Å². The summed E-state index contributed by atoms with van der Waals surface area (Å²) < 4.78 is 35.8. The Hall–Kier alpha value is -4.74. The SMILES string of the molecule is CC(C)n1c2ccccc2c2c1cc(C(=O)NCc1ccccn1)n2-c1ncccn1.O=C(O)C(F)(F)F. The molecule has 38 heavy (non-hydrogen) atoms. The molecule has 196 valence electrons. The van der Waals surface area contributed by atoms with Crippen LogP contribution in [0.3, 0.4) is 0 Å². The molecule has 0 spiro atoms. The van der Waals surface area contributed by atoms with Crippen LogP contribution in [0.5, 0.6) is 0 Å². The molecule has 0 aliphatic rings. The van der Waals surface area contributed by atoms with Crippen LogP contribution in [0.1, 0.15) is 36.1 Å². The number of carboxylic acid groups (broad SMARTS) is 1. The van der Waals surface area contributed by atoms with Gasteiger partial charge in [-0.1, -0.05) is 24.3 Å². The Morgan fingerprint density at radius 1 is 0.947 bits per heavy atom. The van der Waals surface area contributed by atoms with Gasteiger partial charge in [-0.05, 0) is 44.2 Å². The normalized spacial score (nSPS) is 11.4. The largest absolute Gasteiger partial charge is 0.490 e. The van der Waals surface area contributed by atoms with E-state index in [1.807, 2.05) is 41.0 Å². The van der Waals surface area contributed by atoms with Crippen molar-refractivity contribution in [2.75, 3.05) is 0 Å². The number of alkyl halides is 3. The molecule has 0 saturated carbocycles. The van der Waals surface area contributed by atoms with Crippen molar-refractivity contribution in [2.45, 2.75) is 32.6 Å². The molecule has 1 amide bonds. The third kappa shape index (κ3) is 5.33. The van der Waals surface area contributed by atoms with E-state index in [4.69, 9.17) is 9.90 Å². The Kier molecular flexibility index (Phi) is 7.42. The molecule has 12 heteroatoms. The number of nitrogens with one attached hydrogen (secondary N) is 1. The second-order valence-corrected chi connectivity index (χ2v) is 8.44. The standard InChI is InChI=1S/C24H22N6O.C2HF3O2/c1-16(2)29-19-10-4-3-9-18(19)22-20(29)14-21(30(22)24-26-12-7-13-27-24)23(31)28-15-17-8-5-6-11-25-17;3-2(4,5)1(6)7/h3-14,16H,15H2,1-2H3,(H,28,31);(H,6,7). The first-order valence-corrected chi connectivity index (χ1v) is 11.5. The van der Waals surface area contributed by atoms with Crippen molar-refractivity contribution >= 4 is 33.8 Å². The minimum atomic E-state index is -5.08. The number of halogens is 3. The number of rotatable bonds is 5. The summed E-state index contributed by atoms with van der Waals surface area (Å²) in [5.41, 5.74) is 4.32. The van der Waals surface area contributed by atoms with Gasteiger partial charge in [0.05, 0.1) is 28.8 Å². The zero-order chi connectivity index (χ0) is 27.4. The third-order valence-corrected chi connectivity index (χ3v) is 5.56. The van der Waals surface area contributed by atoms with Crippen molar-refractivity contribution in [3.63, 3.8) is 0 Å². The minimum Gasteiger partial charge on any atom is -0.475 e. The zero-order valence-electron chi connectivity index (χ0n) is 20.3. The lowest BCUT2D eigenvalue weighted by Gasteiger charge is -2.11. The summed E-state index contributed by atoms with van der Waals surface area (Å²) in [6, 6.07) is 17.8. The molecule has 9 nitrogen and oxygen atoms in total. The quantitative estimate of drug-likeness (QED) is 0.338. The highest BCUT2D eigenvalue weighted by Crippen LogP contribution is 2.35. The predicted molar refractivity (Wildman–Crippen MR) is 134 cm³/mol. The Labute approximate surface area is 214 Å². The van der Waals surface area contributed by atoms with Crippen LogP contribution in [-0.2, 0) is 11.3 Å². The highest BCUT2D eigenvalue weighted by Gasteiger charge is 2.38. The summed E-state index contributed by atoms with van der Waals surface area (Å²) in [6.45, 7) is 4.63. The van der Waals surface area contributed by atoms with Gasteiger partial charge in [0, 0.05) is 30.0 Å². The third-order valence-electron chi connectivity index (χ3n) is 5.56. The number of hydrogen-bond acceptors (Lipinski definition) is 5. The van der Waals surface area contributed by atoms with Gasteiger partial charge in [-0.25, -0.2) is 14.8 Å². The molecule has 0 radical (unpaired) electrons. The van der Waals surface area contributed by atoms with Crippen molar-refractivity contribution in [3.05, 3.63) is 84.6 Å². The summed E-state index contributed by atoms with van der Waals surface area (Å²) in [4.78, 5) is 35.3. The minimum absolute atomic E-state index is 0.200. The van der Waals surface area contributed by atoms with Crippen LogP contribution >= 0.6 is 0 Å². The number of hydrogen-bond donors (Lipinski definition) is 2. The van der Waals surface area contributed by atoms with Crippen LogP contribution in [0.4, 0.5) is 13.2 Å². The van der Waals surface area contributed by atoms with Crippen molar-refractivity contribution in [1.82, 2.24) is 29.4 Å². The van der Waals surface area contributed by atoms with Gasteiger partial charge >= 0.3 is 12.1 Å². The number of aliphatic carboxylic acids is 1. The Morgan fingerprint density at radius 3 is 2.18 bits per heavy atom. The molecule has 0 fully saturated rings. The van der Waals surface area contributed by atoms with Crippen LogP contribution in [-0.4, -0.2) is 47.2 Å². The van der Waals surface area contributed by atoms with Crippen molar-refractivity contribution in [3.8, 4) is 5.95 Å². The first-order chi connectivity index (χ1) is 18.1. The van der Waals surface area contributed by atoms with Gasteiger partial charge in [0.25, 0.3) is 5.91 Å². The monoisotopic (exact) mass is 524 g/mol. The van der Waals surface area contributed by atoms with Gasteiger partial charge in [0.15, 0.2) is 0 Å². The van der Waals surface area contributed by atoms with Crippen molar-refractivity contribution in [1.29, 1.82) is 0 Å². The average Bonchev–Trinajstić information content (AvgIpc) is 3.43. The lowest BCUT2D eigenvalue weighted by molar-refractivity contribution is -0.192. The van der Waals surface area contributed by atoms with Crippen LogP contribution in [0.15, 0.2) is 73.2 Å². The van der Waals surface area contributed by atoms with Gasteiger partial charge in [-0.3, -0.25) is 14.3 Å². The number of pyridine rings is 1.